The molecule has 0 radical (unpaired) electrons. The maximum atomic E-state index is 13.5. The summed E-state index contributed by atoms with van der Waals surface area (Å²) in [5, 5.41) is 12.4. The summed E-state index contributed by atoms with van der Waals surface area (Å²) in [5.41, 5.74) is -0.483. The Labute approximate surface area is 100 Å². The highest BCUT2D eigenvalue weighted by atomic mass is 19.1. The molecule has 18 heavy (non-hydrogen) atoms. The van der Waals surface area contributed by atoms with Crippen LogP contribution in [0.3, 0.4) is 0 Å². The van der Waals surface area contributed by atoms with Crippen LogP contribution in [0, 0.1) is 11.6 Å². The molecule has 0 fully saturated rings. The summed E-state index contributed by atoms with van der Waals surface area (Å²) < 4.78 is 33.4. The van der Waals surface area contributed by atoms with Gasteiger partial charge in [0, 0.05) is 7.05 Å². The first-order valence-corrected chi connectivity index (χ1v) is 4.86. The van der Waals surface area contributed by atoms with Crippen molar-refractivity contribution in [2.24, 2.45) is 7.05 Å². The fraction of sp³-hybridized carbons (Fsp3) is 0.0909. The molecule has 5 nitrogen and oxygen atoms in total. The standard InChI is InChI=1S/C11H8F2N2O3/c1-15-5-7(4-14-15)18-10-8(12)2-6(11(16)17)3-9(10)13/h2-5H,1H3,(H,16,17). The van der Waals surface area contributed by atoms with Crippen LogP contribution < -0.4 is 4.74 Å². The Bertz CT molecular complexity index is 587. The molecular weight excluding hydrogens is 246 g/mol. The van der Waals surface area contributed by atoms with Gasteiger partial charge in [-0.2, -0.15) is 5.10 Å². The lowest BCUT2D eigenvalue weighted by Gasteiger charge is -2.06. The van der Waals surface area contributed by atoms with Crippen molar-refractivity contribution in [2.75, 3.05) is 0 Å². The fourth-order valence-corrected chi connectivity index (χ4v) is 1.35. The molecule has 0 bridgehead atoms. The van der Waals surface area contributed by atoms with E-state index >= 15 is 0 Å². The highest BCUT2D eigenvalue weighted by Gasteiger charge is 2.17. The molecule has 0 aliphatic rings. The molecule has 1 aromatic carbocycles. The number of aromatic nitrogens is 2. The van der Waals surface area contributed by atoms with E-state index in [2.05, 4.69) is 5.10 Å². The molecule has 0 aliphatic heterocycles. The predicted octanol–water partition coefficient (Wildman–Crippen LogP) is 2.19. The minimum Gasteiger partial charge on any atom is -0.478 e. The van der Waals surface area contributed by atoms with Crippen molar-refractivity contribution in [3.8, 4) is 11.5 Å². The first-order chi connectivity index (χ1) is 8.47. The van der Waals surface area contributed by atoms with Gasteiger partial charge in [0.2, 0.25) is 0 Å². The van der Waals surface area contributed by atoms with Crippen LogP contribution in [-0.4, -0.2) is 20.9 Å². The summed E-state index contributed by atoms with van der Waals surface area (Å²) >= 11 is 0. The Morgan fingerprint density at radius 2 is 2.00 bits per heavy atom. The topological polar surface area (TPSA) is 64.3 Å². The first-order valence-electron chi connectivity index (χ1n) is 4.86. The van der Waals surface area contributed by atoms with Gasteiger partial charge in [-0.1, -0.05) is 0 Å². The van der Waals surface area contributed by atoms with Crippen LogP contribution in [0.5, 0.6) is 11.5 Å². The van der Waals surface area contributed by atoms with Crippen LogP contribution in [-0.2, 0) is 7.05 Å². The van der Waals surface area contributed by atoms with E-state index in [4.69, 9.17) is 9.84 Å². The number of hydrogen-bond acceptors (Lipinski definition) is 3. The largest absolute Gasteiger partial charge is 0.478 e. The minimum absolute atomic E-state index is 0.151. The van der Waals surface area contributed by atoms with E-state index in [-0.39, 0.29) is 5.75 Å². The molecule has 0 saturated carbocycles. The number of carboxylic acid groups (broad SMARTS) is 1. The first kappa shape index (κ1) is 12.0. The molecule has 0 amide bonds. The van der Waals surface area contributed by atoms with Gasteiger partial charge in [-0.3, -0.25) is 4.68 Å². The van der Waals surface area contributed by atoms with Gasteiger partial charge in [-0.15, -0.1) is 0 Å². The van der Waals surface area contributed by atoms with Gasteiger partial charge < -0.3 is 9.84 Å². The lowest BCUT2D eigenvalue weighted by Crippen LogP contribution is -2.00. The molecule has 94 valence electrons. The van der Waals surface area contributed by atoms with E-state index in [0.29, 0.717) is 12.1 Å². The maximum absolute atomic E-state index is 13.5. The Kier molecular flexibility index (Phi) is 2.97. The van der Waals surface area contributed by atoms with Crippen molar-refractivity contribution in [1.29, 1.82) is 0 Å². The van der Waals surface area contributed by atoms with Crippen LogP contribution in [0.15, 0.2) is 24.5 Å². The monoisotopic (exact) mass is 254 g/mol. The lowest BCUT2D eigenvalue weighted by molar-refractivity contribution is 0.0695. The zero-order chi connectivity index (χ0) is 13.3. The Balaban J connectivity index is 2.37. The number of rotatable bonds is 3. The third-order valence-corrected chi connectivity index (χ3v) is 2.15. The van der Waals surface area contributed by atoms with Crippen LogP contribution in [0.4, 0.5) is 8.78 Å². The molecule has 0 spiro atoms. The number of halogens is 2. The van der Waals surface area contributed by atoms with Gasteiger partial charge in [0.15, 0.2) is 23.1 Å². The smallest absolute Gasteiger partial charge is 0.335 e. The average Bonchev–Trinajstić information content (AvgIpc) is 2.69. The van der Waals surface area contributed by atoms with Gasteiger partial charge in [0.05, 0.1) is 18.0 Å². The number of carboxylic acids is 1. The molecule has 7 heteroatoms. The molecule has 0 saturated heterocycles. The number of carbonyl (C=O) groups is 1. The van der Waals surface area contributed by atoms with Crippen molar-refractivity contribution >= 4 is 5.97 Å². The fourth-order valence-electron chi connectivity index (χ4n) is 1.35. The highest BCUT2D eigenvalue weighted by molar-refractivity contribution is 5.87. The third-order valence-electron chi connectivity index (χ3n) is 2.15. The summed E-state index contributed by atoms with van der Waals surface area (Å²) in [7, 11) is 1.62. The predicted molar refractivity (Wildman–Crippen MR) is 56.6 cm³/mol. The summed E-state index contributed by atoms with van der Waals surface area (Å²) in [6.07, 6.45) is 2.70. The van der Waals surface area contributed by atoms with Crippen molar-refractivity contribution in [3.63, 3.8) is 0 Å². The second-order valence-electron chi connectivity index (χ2n) is 3.53. The summed E-state index contributed by atoms with van der Waals surface area (Å²) in [4.78, 5) is 10.6. The van der Waals surface area contributed by atoms with E-state index in [0.717, 1.165) is 0 Å². The number of aryl methyl sites for hydroxylation is 1. The van der Waals surface area contributed by atoms with Gasteiger partial charge >= 0.3 is 5.97 Å². The van der Waals surface area contributed by atoms with Crippen molar-refractivity contribution in [3.05, 3.63) is 41.7 Å². The molecule has 0 unspecified atom stereocenters. The zero-order valence-electron chi connectivity index (χ0n) is 9.22. The SMILES string of the molecule is Cn1cc(Oc2c(F)cc(C(=O)O)cc2F)cn1. The normalized spacial score (nSPS) is 10.4. The number of hydrogen-bond donors (Lipinski definition) is 1. The second-order valence-corrected chi connectivity index (χ2v) is 3.53. The van der Waals surface area contributed by atoms with Crippen molar-refractivity contribution < 1.29 is 23.4 Å². The number of nitrogens with zero attached hydrogens (tertiary/aromatic N) is 2. The zero-order valence-corrected chi connectivity index (χ0v) is 9.22. The molecule has 0 atom stereocenters. The molecule has 1 heterocycles. The van der Waals surface area contributed by atoms with E-state index in [9.17, 15) is 13.6 Å². The Morgan fingerprint density at radius 3 is 2.44 bits per heavy atom. The Morgan fingerprint density at radius 1 is 1.39 bits per heavy atom. The Hall–Kier alpha value is -2.44. The summed E-state index contributed by atoms with van der Waals surface area (Å²) in [6.45, 7) is 0. The molecule has 2 rings (SSSR count). The second kappa shape index (κ2) is 4.44. The van der Waals surface area contributed by atoms with Gasteiger partial charge in [0.1, 0.15) is 0 Å². The van der Waals surface area contributed by atoms with E-state index in [1.165, 1.54) is 17.1 Å². The molecule has 1 N–H and O–H groups in total. The highest BCUT2D eigenvalue weighted by Crippen LogP contribution is 2.28. The quantitative estimate of drug-likeness (QED) is 0.911. The van der Waals surface area contributed by atoms with E-state index < -0.39 is 28.9 Å². The molecule has 0 aliphatic carbocycles. The van der Waals surface area contributed by atoms with Gasteiger partial charge in [-0.05, 0) is 12.1 Å². The number of ether oxygens (including phenoxy) is 1. The van der Waals surface area contributed by atoms with Gasteiger partial charge in [-0.25, -0.2) is 13.6 Å². The third kappa shape index (κ3) is 2.29. The lowest BCUT2D eigenvalue weighted by atomic mass is 10.2. The van der Waals surface area contributed by atoms with Gasteiger partial charge in [0.25, 0.3) is 0 Å². The van der Waals surface area contributed by atoms with Crippen LogP contribution >= 0.6 is 0 Å². The summed E-state index contributed by atoms with van der Waals surface area (Å²) in [6, 6.07) is 1.38. The summed E-state index contributed by atoms with van der Waals surface area (Å²) in [5.74, 6) is -4.10. The van der Waals surface area contributed by atoms with Crippen LogP contribution in [0.1, 0.15) is 10.4 Å². The van der Waals surface area contributed by atoms with Crippen LogP contribution in [0.2, 0.25) is 0 Å². The van der Waals surface area contributed by atoms with E-state index in [1.807, 2.05) is 0 Å². The number of aromatic carboxylic acids is 1. The van der Waals surface area contributed by atoms with Crippen molar-refractivity contribution in [1.82, 2.24) is 9.78 Å². The molecule has 2 aromatic rings. The maximum Gasteiger partial charge on any atom is 0.335 e. The molecule has 1 aromatic heterocycles. The molecular formula is C11H8F2N2O3. The van der Waals surface area contributed by atoms with E-state index in [1.54, 1.807) is 7.05 Å². The van der Waals surface area contributed by atoms with Crippen molar-refractivity contribution in [2.45, 2.75) is 0 Å². The van der Waals surface area contributed by atoms with Crippen LogP contribution in [0.25, 0.3) is 0 Å². The average molecular weight is 254 g/mol. The number of benzene rings is 1. The minimum atomic E-state index is -1.42.